The van der Waals surface area contributed by atoms with Crippen LogP contribution in [0.4, 0.5) is 0 Å². The number of ether oxygens (including phenoxy) is 1. The fourth-order valence-electron chi connectivity index (χ4n) is 1.73. The van der Waals surface area contributed by atoms with Gasteiger partial charge < -0.3 is 15.2 Å². The summed E-state index contributed by atoms with van der Waals surface area (Å²) in [4.78, 5) is 15.9. The number of nitrogens with one attached hydrogen (secondary N) is 2. The van der Waals surface area contributed by atoms with E-state index in [9.17, 15) is 9.90 Å². The zero-order valence-electron chi connectivity index (χ0n) is 11.1. The van der Waals surface area contributed by atoms with Gasteiger partial charge in [-0.3, -0.25) is 9.89 Å². The molecule has 1 aromatic heterocycles. The van der Waals surface area contributed by atoms with Gasteiger partial charge >= 0.3 is 0 Å². The number of phenols is 1. The summed E-state index contributed by atoms with van der Waals surface area (Å²) in [6, 6.07) is 4.53. The molecular formula is C13H16N4O3. The molecule has 0 bridgehead atoms. The standard InChI is InChI=1S/C13H16N4O3/c1-20-9-4-5-11(18)10(7-9)13(19)14-6-2-3-12-15-8-16-17-12/h4-5,7-8,18H,2-3,6H2,1H3,(H,14,19)(H,15,16,17). The van der Waals surface area contributed by atoms with Crippen LogP contribution in [-0.4, -0.2) is 39.8 Å². The molecule has 2 aromatic rings. The summed E-state index contributed by atoms with van der Waals surface area (Å²) in [7, 11) is 1.51. The molecule has 0 saturated carbocycles. The minimum Gasteiger partial charge on any atom is -0.507 e. The van der Waals surface area contributed by atoms with Crippen LogP contribution < -0.4 is 10.1 Å². The molecule has 1 heterocycles. The zero-order valence-corrected chi connectivity index (χ0v) is 11.1. The van der Waals surface area contributed by atoms with Gasteiger partial charge in [-0.05, 0) is 24.6 Å². The summed E-state index contributed by atoms with van der Waals surface area (Å²) >= 11 is 0. The first kappa shape index (κ1) is 13.9. The van der Waals surface area contributed by atoms with Gasteiger partial charge in [-0.15, -0.1) is 0 Å². The second kappa shape index (κ2) is 6.55. The highest BCUT2D eigenvalue weighted by Gasteiger charge is 2.11. The highest BCUT2D eigenvalue weighted by Crippen LogP contribution is 2.22. The maximum atomic E-state index is 11.9. The number of carbonyl (C=O) groups excluding carboxylic acids is 1. The first-order valence-electron chi connectivity index (χ1n) is 6.20. The van der Waals surface area contributed by atoms with Crippen molar-refractivity contribution in [1.82, 2.24) is 20.5 Å². The fourth-order valence-corrected chi connectivity index (χ4v) is 1.73. The summed E-state index contributed by atoms with van der Waals surface area (Å²) in [5.41, 5.74) is 0.198. The number of aryl methyl sites for hydroxylation is 1. The highest BCUT2D eigenvalue weighted by molar-refractivity contribution is 5.97. The lowest BCUT2D eigenvalue weighted by Gasteiger charge is -2.08. The number of aromatic amines is 1. The quantitative estimate of drug-likeness (QED) is 0.680. The normalized spacial score (nSPS) is 10.2. The molecule has 20 heavy (non-hydrogen) atoms. The third-order valence-electron chi connectivity index (χ3n) is 2.79. The lowest BCUT2D eigenvalue weighted by Crippen LogP contribution is -2.25. The van der Waals surface area contributed by atoms with Gasteiger partial charge in [0.2, 0.25) is 0 Å². The molecule has 0 aliphatic carbocycles. The van der Waals surface area contributed by atoms with E-state index in [-0.39, 0.29) is 17.2 Å². The van der Waals surface area contributed by atoms with Crippen LogP contribution >= 0.6 is 0 Å². The van der Waals surface area contributed by atoms with Gasteiger partial charge in [-0.2, -0.15) is 5.10 Å². The molecule has 106 valence electrons. The topological polar surface area (TPSA) is 100 Å². The van der Waals surface area contributed by atoms with Crippen molar-refractivity contribution >= 4 is 5.91 Å². The van der Waals surface area contributed by atoms with E-state index in [1.54, 1.807) is 6.07 Å². The number of aromatic nitrogens is 3. The molecule has 1 amide bonds. The van der Waals surface area contributed by atoms with Gasteiger partial charge in [-0.25, -0.2) is 4.98 Å². The second-order valence-electron chi connectivity index (χ2n) is 4.17. The number of H-pyrrole nitrogens is 1. The van der Waals surface area contributed by atoms with Crippen molar-refractivity contribution in [2.45, 2.75) is 12.8 Å². The average Bonchev–Trinajstić information content (AvgIpc) is 2.97. The van der Waals surface area contributed by atoms with Crippen LogP contribution in [0.15, 0.2) is 24.5 Å². The van der Waals surface area contributed by atoms with Crippen LogP contribution in [0.3, 0.4) is 0 Å². The molecule has 3 N–H and O–H groups in total. The van der Waals surface area contributed by atoms with Gasteiger partial charge in [0, 0.05) is 13.0 Å². The van der Waals surface area contributed by atoms with Crippen molar-refractivity contribution in [3.63, 3.8) is 0 Å². The zero-order chi connectivity index (χ0) is 14.4. The van der Waals surface area contributed by atoms with Crippen LogP contribution in [0.1, 0.15) is 22.6 Å². The number of benzene rings is 1. The molecule has 0 aliphatic heterocycles. The molecule has 7 nitrogen and oxygen atoms in total. The number of rotatable bonds is 6. The van der Waals surface area contributed by atoms with Crippen molar-refractivity contribution in [2.24, 2.45) is 0 Å². The van der Waals surface area contributed by atoms with E-state index in [1.807, 2.05) is 0 Å². The van der Waals surface area contributed by atoms with Gasteiger partial charge in [0.25, 0.3) is 5.91 Å². The summed E-state index contributed by atoms with van der Waals surface area (Å²) in [5, 5.41) is 18.9. The van der Waals surface area contributed by atoms with Gasteiger partial charge in [-0.1, -0.05) is 0 Å². The number of phenolic OH excluding ortho intramolecular Hbond substituents is 1. The van der Waals surface area contributed by atoms with E-state index < -0.39 is 0 Å². The van der Waals surface area contributed by atoms with Crippen molar-refractivity contribution < 1.29 is 14.6 Å². The minimum absolute atomic E-state index is 0.0708. The number of aromatic hydroxyl groups is 1. The van der Waals surface area contributed by atoms with Crippen LogP contribution in [0.5, 0.6) is 11.5 Å². The maximum absolute atomic E-state index is 11.9. The van der Waals surface area contributed by atoms with Crippen molar-refractivity contribution in [3.05, 3.63) is 35.9 Å². The van der Waals surface area contributed by atoms with Crippen LogP contribution in [0, 0.1) is 0 Å². The SMILES string of the molecule is COc1ccc(O)c(C(=O)NCCCc2ncn[nH]2)c1. The van der Waals surface area contributed by atoms with Gasteiger partial charge in [0.15, 0.2) is 0 Å². The van der Waals surface area contributed by atoms with Crippen molar-refractivity contribution in [2.75, 3.05) is 13.7 Å². The van der Waals surface area contributed by atoms with Crippen molar-refractivity contribution in [1.29, 1.82) is 0 Å². The molecule has 0 atom stereocenters. The van der Waals surface area contributed by atoms with E-state index in [2.05, 4.69) is 20.5 Å². The first-order valence-corrected chi connectivity index (χ1v) is 6.20. The Kier molecular flexibility index (Phi) is 4.54. The molecule has 0 fully saturated rings. The van der Waals surface area contributed by atoms with E-state index in [1.165, 1.54) is 25.6 Å². The molecule has 0 radical (unpaired) electrons. The van der Waals surface area contributed by atoms with Crippen molar-refractivity contribution in [3.8, 4) is 11.5 Å². The molecule has 1 aromatic carbocycles. The number of carbonyl (C=O) groups is 1. The Morgan fingerprint density at radius 1 is 1.50 bits per heavy atom. The molecule has 0 unspecified atom stereocenters. The predicted octanol–water partition coefficient (Wildman–Crippen LogP) is 0.881. The van der Waals surface area contributed by atoms with Gasteiger partial charge in [0.05, 0.1) is 12.7 Å². The monoisotopic (exact) mass is 276 g/mol. The van der Waals surface area contributed by atoms with E-state index in [4.69, 9.17) is 4.74 Å². The molecule has 0 saturated heterocycles. The summed E-state index contributed by atoms with van der Waals surface area (Å²) in [6.45, 7) is 0.482. The largest absolute Gasteiger partial charge is 0.507 e. The third-order valence-corrected chi connectivity index (χ3v) is 2.79. The first-order chi connectivity index (χ1) is 9.70. The lowest BCUT2D eigenvalue weighted by molar-refractivity contribution is 0.0950. The Balaban J connectivity index is 1.85. The molecule has 0 spiro atoms. The number of nitrogens with zero attached hydrogens (tertiary/aromatic N) is 2. The highest BCUT2D eigenvalue weighted by atomic mass is 16.5. The lowest BCUT2D eigenvalue weighted by atomic mass is 10.1. The molecule has 7 heteroatoms. The average molecular weight is 276 g/mol. The Hall–Kier alpha value is -2.57. The summed E-state index contributed by atoms with van der Waals surface area (Å²) in [6.07, 6.45) is 2.87. The number of amides is 1. The number of methoxy groups -OCH3 is 1. The summed E-state index contributed by atoms with van der Waals surface area (Å²) < 4.78 is 5.02. The number of hydrogen-bond donors (Lipinski definition) is 3. The van der Waals surface area contributed by atoms with Crippen LogP contribution in [-0.2, 0) is 6.42 Å². The maximum Gasteiger partial charge on any atom is 0.255 e. The number of hydrogen-bond acceptors (Lipinski definition) is 5. The van der Waals surface area contributed by atoms with E-state index >= 15 is 0 Å². The Morgan fingerprint density at radius 2 is 2.35 bits per heavy atom. The fraction of sp³-hybridized carbons (Fsp3) is 0.308. The predicted molar refractivity (Wildman–Crippen MR) is 71.7 cm³/mol. The Bertz CT molecular complexity index is 569. The van der Waals surface area contributed by atoms with Gasteiger partial charge in [0.1, 0.15) is 23.7 Å². The molecule has 2 rings (SSSR count). The second-order valence-corrected chi connectivity index (χ2v) is 4.17. The van der Waals surface area contributed by atoms with E-state index in [0.717, 1.165) is 12.2 Å². The van der Waals surface area contributed by atoms with E-state index in [0.29, 0.717) is 18.7 Å². The summed E-state index contributed by atoms with van der Waals surface area (Å²) in [5.74, 6) is 0.899. The Labute approximate surface area is 116 Å². The minimum atomic E-state index is -0.334. The van der Waals surface area contributed by atoms with Crippen LogP contribution in [0.2, 0.25) is 0 Å². The Morgan fingerprint density at radius 3 is 3.05 bits per heavy atom. The smallest absolute Gasteiger partial charge is 0.255 e. The third kappa shape index (κ3) is 3.47. The van der Waals surface area contributed by atoms with Crippen LogP contribution in [0.25, 0.3) is 0 Å². The molecular weight excluding hydrogens is 260 g/mol. The molecule has 0 aliphatic rings.